The Labute approximate surface area is 203 Å². The normalized spacial score (nSPS) is 26.9. The first kappa shape index (κ1) is 22.1. The van der Waals surface area contributed by atoms with Crippen molar-refractivity contribution < 1.29 is 15.0 Å². The second-order valence-corrected chi connectivity index (χ2v) is 10.3. The topological polar surface area (TPSA) is 106 Å². The van der Waals surface area contributed by atoms with Crippen molar-refractivity contribution >= 4 is 5.91 Å². The smallest absolute Gasteiger partial charge is 0.261 e. The molecule has 1 fully saturated rings. The quantitative estimate of drug-likeness (QED) is 0.468. The number of benzene rings is 2. The van der Waals surface area contributed by atoms with E-state index in [1.807, 2.05) is 43.4 Å². The molecule has 7 heteroatoms. The van der Waals surface area contributed by atoms with Crippen molar-refractivity contribution in [2.24, 2.45) is 0 Å². The van der Waals surface area contributed by atoms with E-state index in [0.29, 0.717) is 32.2 Å². The fourth-order valence-corrected chi connectivity index (χ4v) is 6.70. The van der Waals surface area contributed by atoms with E-state index in [0.717, 1.165) is 34.5 Å². The maximum atomic E-state index is 13.0. The van der Waals surface area contributed by atoms with Crippen molar-refractivity contribution in [1.29, 1.82) is 0 Å². The number of phenols is 1. The Morgan fingerprint density at radius 2 is 1.94 bits per heavy atom. The Morgan fingerprint density at radius 3 is 2.74 bits per heavy atom. The molecule has 2 aromatic carbocycles. The van der Waals surface area contributed by atoms with Crippen molar-refractivity contribution in [3.8, 4) is 5.75 Å². The van der Waals surface area contributed by atoms with E-state index in [9.17, 15) is 19.8 Å². The zero-order valence-electron chi connectivity index (χ0n) is 19.7. The van der Waals surface area contributed by atoms with Gasteiger partial charge in [0.2, 0.25) is 0 Å². The van der Waals surface area contributed by atoms with Crippen LogP contribution in [0.15, 0.2) is 59.4 Å². The number of carbonyl (C=O) groups is 1. The monoisotopic (exact) mass is 471 g/mol. The third kappa shape index (κ3) is 3.26. The molecular formula is C28H29N3O4. The number of likely N-dealkylation sites (tertiary alicyclic amines) is 1. The van der Waals surface area contributed by atoms with Gasteiger partial charge in [0.05, 0.1) is 5.60 Å². The van der Waals surface area contributed by atoms with E-state index in [1.165, 1.54) is 0 Å². The van der Waals surface area contributed by atoms with E-state index in [1.54, 1.807) is 18.2 Å². The summed E-state index contributed by atoms with van der Waals surface area (Å²) in [6.45, 7) is 1.15. The molecule has 2 aliphatic carbocycles. The minimum atomic E-state index is -1.08. The van der Waals surface area contributed by atoms with Crippen molar-refractivity contribution in [3.05, 3.63) is 98.5 Å². The highest BCUT2D eigenvalue weighted by molar-refractivity contribution is 5.94. The van der Waals surface area contributed by atoms with Gasteiger partial charge in [0, 0.05) is 36.5 Å². The van der Waals surface area contributed by atoms with Crippen molar-refractivity contribution in [2.45, 2.75) is 49.3 Å². The molecule has 1 amide bonds. The summed E-state index contributed by atoms with van der Waals surface area (Å²) in [6, 6.07) is 16.6. The van der Waals surface area contributed by atoms with Gasteiger partial charge >= 0.3 is 0 Å². The van der Waals surface area contributed by atoms with Crippen LogP contribution in [0.2, 0.25) is 0 Å². The van der Waals surface area contributed by atoms with Crippen LogP contribution in [0, 0.1) is 0 Å². The highest BCUT2D eigenvalue weighted by atomic mass is 16.3. The van der Waals surface area contributed by atoms with Crippen LogP contribution in [0.1, 0.15) is 44.7 Å². The van der Waals surface area contributed by atoms with Gasteiger partial charge in [-0.3, -0.25) is 9.59 Å². The number of phenolic OH excluding ortho intramolecular Hbond substituents is 1. The number of aliphatic hydroxyl groups is 1. The van der Waals surface area contributed by atoms with Crippen molar-refractivity contribution in [1.82, 2.24) is 15.2 Å². The number of likely N-dealkylation sites (N-methyl/N-ethyl adjacent to an activating group) is 1. The number of carbonyl (C=O) groups excluding carboxylic acids is 1. The summed E-state index contributed by atoms with van der Waals surface area (Å²) < 4.78 is 0. The highest BCUT2D eigenvalue weighted by Crippen LogP contribution is 2.56. The first-order valence-electron chi connectivity index (χ1n) is 12.1. The van der Waals surface area contributed by atoms with Crippen LogP contribution in [-0.4, -0.2) is 51.2 Å². The van der Waals surface area contributed by atoms with Crippen molar-refractivity contribution in [3.63, 3.8) is 0 Å². The Balaban J connectivity index is 1.39. The molecule has 0 radical (unpaired) electrons. The summed E-state index contributed by atoms with van der Waals surface area (Å²) in [7, 11) is 2.04. The summed E-state index contributed by atoms with van der Waals surface area (Å²) in [6.07, 6.45) is 2.20. The third-order valence-electron chi connectivity index (χ3n) is 8.52. The number of aromatic amines is 1. The van der Waals surface area contributed by atoms with Gasteiger partial charge in [0.25, 0.3) is 11.5 Å². The zero-order chi connectivity index (χ0) is 24.4. The lowest BCUT2D eigenvalue weighted by molar-refractivity contribution is -0.145. The third-order valence-corrected chi connectivity index (χ3v) is 8.52. The molecule has 4 N–H and O–H groups in total. The molecule has 3 aliphatic rings. The lowest BCUT2D eigenvalue weighted by Crippen LogP contribution is -2.73. The van der Waals surface area contributed by atoms with Gasteiger partial charge < -0.3 is 25.4 Å². The van der Waals surface area contributed by atoms with Crippen LogP contribution < -0.4 is 10.9 Å². The number of H-pyrrole nitrogens is 1. The Hall–Kier alpha value is -3.42. The maximum Gasteiger partial charge on any atom is 0.261 e. The maximum absolute atomic E-state index is 13.0. The van der Waals surface area contributed by atoms with Crippen LogP contribution in [0.4, 0.5) is 0 Å². The molecule has 0 spiro atoms. The lowest BCUT2D eigenvalue weighted by atomic mass is 9.49. The zero-order valence-corrected chi connectivity index (χ0v) is 19.7. The molecule has 6 rings (SSSR count). The van der Waals surface area contributed by atoms with E-state index in [4.69, 9.17) is 0 Å². The van der Waals surface area contributed by atoms with E-state index in [2.05, 4.69) is 15.2 Å². The number of aromatic hydroxyl groups is 1. The molecule has 3 aromatic rings. The van der Waals surface area contributed by atoms with Crippen LogP contribution in [0.3, 0.4) is 0 Å². The molecule has 7 nitrogen and oxygen atoms in total. The number of aromatic nitrogens is 1. The van der Waals surface area contributed by atoms with E-state index < -0.39 is 22.5 Å². The summed E-state index contributed by atoms with van der Waals surface area (Å²) in [5.41, 5.74) is 2.57. The van der Waals surface area contributed by atoms with Gasteiger partial charge in [-0.05, 0) is 66.9 Å². The Morgan fingerprint density at radius 1 is 1.14 bits per heavy atom. The molecule has 1 aliphatic heterocycles. The molecule has 0 saturated carbocycles. The first-order valence-corrected chi connectivity index (χ1v) is 12.1. The minimum absolute atomic E-state index is 0.0617. The number of hydrogen-bond acceptors (Lipinski definition) is 5. The minimum Gasteiger partial charge on any atom is -0.508 e. The number of amides is 1. The van der Waals surface area contributed by atoms with Gasteiger partial charge in [-0.1, -0.05) is 36.4 Å². The predicted octanol–water partition coefficient (Wildman–Crippen LogP) is 2.04. The van der Waals surface area contributed by atoms with Crippen LogP contribution in [0.5, 0.6) is 5.75 Å². The van der Waals surface area contributed by atoms with Gasteiger partial charge in [-0.15, -0.1) is 0 Å². The van der Waals surface area contributed by atoms with Crippen LogP contribution in [0.25, 0.3) is 0 Å². The predicted molar refractivity (Wildman–Crippen MR) is 132 cm³/mol. The van der Waals surface area contributed by atoms with E-state index in [-0.39, 0.29) is 17.4 Å². The van der Waals surface area contributed by atoms with Gasteiger partial charge in [-0.25, -0.2) is 0 Å². The molecular weight excluding hydrogens is 442 g/mol. The molecule has 2 bridgehead atoms. The number of nitrogens with one attached hydrogen (secondary N) is 2. The highest BCUT2D eigenvalue weighted by Gasteiger charge is 2.64. The Kier molecular flexibility index (Phi) is 4.92. The number of nitrogens with zero attached hydrogens (tertiary/aromatic N) is 1. The summed E-state index contributed by atoms with van der Waals surface area (Å²) in [4.78, 5) is 31.1. The number of hydrogen-bond donors (Lipinski definition) is 4. The first-order chi connectivity index (χ1) is 16.8. The lowest BCUT2D eigenvalue weighted by Gasteiger charge is -2.63. The number of rotatable bonds is 3. The number of fused-ring (bicyclic) bond motifs is 2. The molecule has 35 heavy (non-hydrogen) atoms. The number of pyridine rings is 1. The molecule has 1 aromatic heterocycles. The SMILES string of the molecule is CN1CC[C@@]23Cc4[nH]c(=O)c(C(=O)NCc5ccccc5)cc4C[C@]2(O)[C@@H]1Cc1ccc(O)cc13. The second-order valence-electron chi connectivity index (χ2n) is 10.3. The van der Waals surface area contributed by atoms with Gasteiger partial charge in [0.1, 0.15) is 11.3 Å². The molecule has 2 heterocycles. The van der Waals surface area contributed by atoms with Crippen molar-refractivity contribution in [2.75, 3.05) is 13.6 Å². The summed E-state index contributed by atoms with van der Waals surface area (Å²) >= 11 is 0. The van der Waals surface area contributed by atoms with E-state index >= 15 is 0 Å². The average Bonchev–Trinajstić information content (AvgIpc) is 2.84. The standard InChI is InChI=1S/C28H29N3O4/c1-31-10-9-27-15-23-19(14-28(27,35)24(31)12-18-7-8-20(32)13-22(18)27)11-21(26(34)30-23)25(33)29-16-17-5-3-2-4-6-17/h2-8,11,13,24,32,35H,9-10,12,14-16H2,1H3,(H,29,33)(H,30,34)/t24-,27-,28-/m0/s1. The second kappa shape index (κ2) is 7.80. The number of piperidine rings is 1. The fraction of sp³-hybridized carbons (Fsp3) is 0.357. The van der Waals surface area contributed by atoms with Crippen LogP contribution in [-0.2, 0) is 31.2 Å². The largest absolute Gasteiger partial charge is 0.508 e. The average molecular weight is 472 g/mol. The van der Waals surface area contributed by atoms with Gasteiger partial charge in [0.15, 0.2) is 0 Å². The fourth-order valence-electron chi connectivity index (χ4n) is 6.70. The van der Waals surface area contributed by atoms with Gasteiger partial charge in [-0.2, -0.15) is 0 Å². The Bertz CT molecular complexity index is 1380. The molecule has 3 atom stereocenters. The molecule has 180 valence electrons. The molecule has 0 unspecified atom stereocenters. The summed E-state index contributed by atoms with van der Waals surface area (Å²) in [5.74, 6) is -0.246. The molecule has 1 saturated heterocycles. The van der Waals surface area contributed by atoms with Crippen LogP contribution >= 0.6 is 0 Å². The summed E-state index contributed by atoms with van der Waals surface area (Å²) in [5, 5.41) is 25.5.